The average molecular weight is 577 g/mol. The molecule has 222 valence electrons. The van der Waals surface area contributed by atoms with E-state index >= 15 is 0 Å². The second kappa shape index (κ2) is 12.2. The quantitative estimate of drug-likeness (QED) is 0.344. The molecule has 40 heavy (non-hydrogen) atoms. The maximum atomic E-state index is 13.5. The molecule has 0 unspecified atom stereocenters. The monoisotopic (exact) mass is 576 g/mol. The maximum Gasteiger partial charge on any atom is 0.231 e. The Morgan fingerprint density at radius 1 is 1.30 bits per heavy atom. The van der Waals surface area contributed by atoms with Crippen LogP contribution in [0.25, 0.3) is 0 Å². The normalized spacial score (nSPS) is 27.8. The number of aliphatic imine (C=N–C) groups is 1. The summed E-state index contributed by atoms with van der Waals surface area (Å²) in [5.41, 5.74) is 7.36. The fourth-order valence-corrected chi connectivity index (χ4v) is 6.66. The fourth-order valence-electron chi connectivity index (χ4n) is 6.48. The van der Waals surface area contributed by atoms with E-state index < -0.39 is 11.1 Å². The van der Waals surface area contributed by atoms with Crippen molar-refractivity contribution in [3.05, 3.63) is 40.7 Å². The Morgan fingerprint density at radius 2 is 2.02 bits per heavy atom. The zero-order valence-corrected chi connectivity index (χ0v) is 25.6. The van der Waals surface area contributed by atoms with Gasteiger partial charge in [0.25, 0.3) is 0 Å². The van der Waals surface area contributed by atoms with Crippen molar-refractivity contribution >= 4 is 23.5 Å². The number of carbonyl (C=O) groups excluding carboxylic acids is 1. The van der Waals surface area contributed by atoms with Crippen molar-refractivity contribution in [1.82, 2.24) is 10.2 Å². The first-order chi connectivity index (χ1) is 19.0. The summed E-state index contributed by atoms with van der Waals surface area (Å²) in [5, 5.41) is 4.36. The van der Waals surface area contributed by atoms with Crippen LogP contribution in [-0.4, -0.2) is 68.0 Å². The number of carbonyl (C=O) groups is 1. The lowest BCUT2D eigenvalue weighted by molar-refractivity contribution is -0.132. The smallest absolute Gasteiger partial charge is 0.231 e. The van der Waals surface area contributed by atoms with Gasteiger partial charge in [0.2, 0.25) is 5.91 Å². The lowest BCUT2D eigenvalue weighted by Crippen LogP contribution is -2.56. The van der Waals surface area contributed by atoms with Crippen LogP contribution in [0, 0.1) is 11.8 Å². The van der Waals surface area contributed by atoms with Gasteiger partial charge in [0.05, 0.1) is 25.1 Å². The average Bonchev–Trinajstić information content (AvgIpc) is 3.70. The molecule has 0 spiro atoms. The van der Waals surface area contributed by atoms with Gasteiger partial charge in [0, 0.05) is 49.1 Å². The summed E-state index contributed by atoms with van der Waals surface area (Å²) in [6.07, 6.45) is 4.90. The van der Waals surface area contributed by atoms with Gasteiger partial charge in [-0.15, -0.1) is 0 Å². The molecular weight excluding hydrogens is 532 g/mol. The first-order valence-electron chi connectivity index (χ1n) is 14.2. The summed E-state index contributed by atoms with van der Waals surface area (Å²) < 4.78 is 23.3. The van der Waals surface area contributed by atoms with Gasteiger partial charge >= 0.3 is 0 Å². The molecule has 4 rings (SSSR count). The van der Waals surface area contributed by atoms with E-state index in [1.807, 2.05) is 32.0 Å². The van der Waals surface area contributed by atoms with Gasteiger partial charge in [0.15, 0.2) is 5.96 Å². The summed E-state index contributed by atoms with van der Waals surface area (Å²) in [5.74, 6) is 1.39. The number of guanidine groups is 1. The van der Waals surface area contributed by atoms with E-state index in [0.29, 0.717) is 30.4 Å². The number of methoxy groups -OCH3 is 3. The minimum Gasteiger partial charge on any atom is -0.503 e. The molecule has 0 bridgehead atoms. The van der Waals surface area contributed by atoms with E-state index in [1.54, 1.807) is 32.5 Å². The van der Waals surface area contributed by atoms with Crippen LogP contribution in [0.1, 0.15) is 71.4 Å². The van der Waals surface area contributed by atoms with Crippen LogP contribution < -0.4 is 15.8 Å². The van der Waals surface area contributed by atoms with Crippen LogP contribution in [0.15, 0.2) is 35.2 Å². The Balaban J connectivity index is 1.63. The second-order valence-corrected chi connectivity index (χ2v) is 12.1. The van der Waals surface area contributed by atoms with Crippen molar-refractivity contribution in [2.45, 2.75) is 89.1 Å². The predicted octanol–water partition coefficient (Wildman–Crippen LogP) is 4.79. The van der Waals surface area contributed by atoms with E-state index in [1.165, 1.54) is 0 Å². The highest BCUT2D eigenvalue weighted by atomic mass is 35.5. The zero-order chi connectivity index (χ0) is 29.2. The lowest BCUT2D eigenvalue weighted by Gasteiger charge is -2.45. The molecule has 1 fully saturated rings. The molecule has 3 aliphatic rings. The van der Waals surface area contributed by atoms with Gasteiger partial charge in [-0.3, -0.25) is 9.69 Å². The van der Waals surface area contributed by atoms with Crippen LogP contribution >= 0.6 is 11.6 Å². The molecule has 1 amide bonds. The van der Waals surface area contributed by atoms with Crippen LogP contribution in [0.4, 0.5) is 0 Å². The van der Waals surface area contributed by atoms with Crippen LogP contribution in [-0.2, 0) is 19.0 Å². The van der Waals surface area contributed by atoms with Crippen molar-refractivity contribution in [2.24, 2.45) is 22.6 Å². The molecule has 5 atom stereocenters. The molecule has 0 saturated heterocycles. The highest BCUT2D eigenvalue weighted by Crippen LogP contribution is 2.51. The highest BCUT2D eigenvalue weighted by molar-refractivity contribution is 6.30. The topological polar surface area (TPSA) is 108 Å². The highest BCUT2D eigenvalue weighted by Gasteiger charge is 2.52. The largest absolute Gasteiger partial charge is 0.503 e. The van der Waals surface area contributed by atoms with Crippen molar-refractivity contribution in [2.75, 3.05) is 27.9 Å². The summed E-state index contributed by atoms with van der Waals surface area (Å²) in [4.78, 5) is 20.1. The summed E-state index contributed by atoms with van der Waals surface area (Å²) in [7, 11) is 5.01. The number of nitrogens with zero attached hydrogens (tertiary/aromatic N) is 2. The van der Waals surface area contributed by atoms with Gasteiger partial charge in [0.1, 0.15) is 23.7 Å². The number of rotatable bonds is 12. The number of fused-ring (bicyclic) bond motifs is 1. The molecular formula is C30H45ClN4O5. The Hall–Kier alpha value is -2.49. The third-order valence-electron chi connectivity index (χ3n) is 8.84. The zero-order valence-electron chi connectivity index (χ0n) is 24.8. The van der Waals surface area contributed by atoms with Gasteiger partial charge in [-0.05, 0) is 63.6 Å². The van der Waals surface area contributed by atoms with E-state index in [0.717, 1.165) is 36.3 Å². The third-order valence-corrected chi connectivity index (χ3v) is 9.07. The third kappa shape index (κ3) is 5.92. The number of halogens is 1. The number of benzene rings is 1. The number of nitrogens with two attached hydrogens (primary N) is 1. The van der Waals surface area contributed by atoms with E-state index in [-0.39, 0.29) is 35.9 Å². The number of nitrogens with one attached hydrogen (secondary N) is 1. The van der Waals surface area contributed by atoms with Gasteiger partial charge in [-0.25, -0.2) is 4.99 Å². The van der Waals surface area contributed by atoms with Crippen molar-refractivity contribution in [1.29, 1.82) is 0 Å². The maximum absolute atomic E-state index is 13.5. The van der Waals surface area contributed by atoms with Crippen molar-refractivity contribution < 1.29 is 23.7 Å². The molecule has 1 aromatic rings. The van der Waals surface area contributed by atoms with E-state index in [2.05, 4.69) is 19.2 Å². The number of ether oxygens (including phenoxy) is 4. The number of hydrogen-bond donors (Lipinski definition) is 2. The van der Waals surface area contributed by atoms with Gasteiger partial charge < -0.3 is 30.0 Å². The molecule has 10 heteroatoms. The molecule has 2 heterocycles. The van der Waals surface area contributed by atoms with Crippen molar-refractivity contribution in [3.63, 3.8) is 0 Å². The lowest BCUT2D eigenvalue weighted by atomic mass is 9.86. The molecule has 1 saturated carbocycles. The number of allylic oxidation sites excluding steroid dienone is 1. The van der Waals surface area contributed by atoms with Gasteiger partial charge in [-0.2, -0.15) is 0 Å². The van der Waals surface area contributed by atoms with Gasteiger partial charge in [-0.1, -0.05) is 25.4 Å². The molecule has 1 aromatic carbocycles. The first kappa shape index (κ1) is 30.5. The SMILES string of the molecule is CCC1(CC)CC(=O)N([C@H](CCOC)[C@H]2C[C@@H]2/C(=C\OC)N[C@@H]2c3cc(Cl)ccc3OC(C)(C)[C@H]2OC)C(N)=N1. The Kier molecular flexibility index (Phi) is 9.27. The fraction of sp³-hybridized carbons (Fsp3) is 0.667. The molecule has 0 radical (unpaired) electrons. The Morgan fingerprint density at radius 3 is 2.62 bits per heavy atom. The second-order valence-electron chi connectivity index (χ2n) is 11.7. The standard InChI is InChI=1S/C30H45ClN4O5/c1-8-30(9-2)16-25(36)35(28(32)34-30)23(12-13-37-5)20-15-19(20)22(17-38-6)33-26-21-14-18(31)10-11-24(21)40-29(3,4)27(26)39-7/h10-11,14,17,19-20,23,26-27,33H,8-9,12-13,15-16H2,1-7H3,(H2,32,34)/b22-17+/t19-,20-,23+,26+,27-/m0/s1. The number of hydrogen-bond acceptors (Lipinski definition) is 8. The number of amides is 1. The Bertz CT molecular complexity index is 1140. The van der Waals surface area contributed by atoms with Crippen LogP contribution in [0.3, 0.4) is 0 Å². The first-order valence-corrected chi connectivity index (χ1v) is 14.6. The summed E-state index contributed by atoms with van der Waals surface area (Å²) in [6.45, 7) is 8.67. The van der Waals surface area contributed by atoms with Crippen LogP contribution in [0.5, 0.6) is 5.75 Å². The van der Waals surface area contributed by atoms with E-state index in [4.69, 9.17) is 41.3 Å². The van der Waals surface area contributed by atoms with Crippen LogP contribution in [0.2, 0.25) is 5.02 Å². The van der Waals surface area contributed by atoms with Crippen molar-refractivity contribution in [3.8, 4) is 5.75 Å². The minimum atomic E-state index is -0.592. The predicted molar refractivity (Wildman–Crippen MR) is 156 cm³/mol. The molecule has 3 N–H and O–H groups in total. The minimum absolute atomic E-state index is 0.0300. The molecule has 1 aliphatic carbocycles. The summed E-state index contributed by atoms with van der Waals surface area (Å²) in [6, 6.07) is 5.28. The molecule has 9 nitrogen and oxygen atoms in total. The Labute approximate surface area is 243 Å². The molecule has 2 aliphatic heterocycles. The van der Waals surface area contributed by atoms with E-state index in [9.17, 15) is 4.79 Å². The summed E-state index contributed by atoms with van der Waals surface area (Å²) >= 11 is 6.41. The molecule has 0 aromatic heterocycles.